The summed E-state index contributed by atoms with van der Waals surface area (Å²) in [5, 5.41) is 3.32. The molecule has 0 bridgehead atoms. The molecule has 1 aromatic rings. The van der Waals surface area contributed by atoms with E-state index >= 15 is 0 Å². The van der Waals surface area contributed by atoms with Gasteiger partial charge in [0.1, 0.15) is 0 Å². The number of aromatic nitrogens is 1. The average molecular weight is 259 g/mol. The number of nitrogens with one attached hydrogen (secondary N) is 1. The second kappa shape index (κ2) is 6.76. The third-order valence-corrected chi connectivity index (χ3v) is 3.44. The van der Waals surface area contributed by atoms with Crippen LogP contribution in [0.5, 0.6) is 0 Å². The van der Waals surface area contributed by atoms with Crippen molar-refractivity contribution in [3.05, 3.63) is 29.0 Å². The van der Waals surface area contributed by atoms with Crippen LogP contribution < -0.4 is 5.32 Å². The average Bonchev–Trinajstić information content (AvgIpc) is 2.26. The fourth-order valence-electron chi connectivity index (χ4n) is 1.18. The van der Waals surface area contributed by atoms with Gasteiger partial charge in [-0.2, -0.15) is 11.8 Å². The highest BCUT2D eigenvalue weighted by Crippen LogP contribution is 2.13. The molecule has 0 spiro atoms. The lowest BCUT2D eigenvalue weighted by molar-refractivity contribution is 0.0943. The molecule has 1 rings (SSSR count). The lowest BCUT2D eigenvalue weighted by atomic mass is 10.2. The molecule has 1 amide bonds. The molecule has 5 heteroatoms. The Labute approximate surface area is 105 Å². The first-order valence-electron chi connectivity index (χ1n) is 5.13. The zero-order chi connectivity index (χ0) is 12.0. The fourth-order valence-corrected chi connectivity index (χ4v) is 2.05. The minimum Gasteiger partial charge on any atom is -0.349 e. The predicted molar refractivity (Wildman–Crippen MR) is 69.2 cm³/mol. The van der Waals surface area contributed by atoms with Gasteiger partial charge in [0.15, 0.2) is 0 Å². The summed E-state index contributed by atoms with van der Waals surface area (Å²) in [4.78, 5) is 15.7. The number of rotatable bonds is 5. The van der Waals surface area contributed by atoms with E-state index in [-0.39, 0.29) is 11.9 Å². The van der Waals surface area contributed by atoms with Crippen molar-refractivity contribution in [2.24, 2.45) is 0 Å². The third-order valence-electron chi connectivity index (χ3n) is 1.96. The fraction of sp³-hybridized carbons (Fsp3) is 0.455. The smallest absolute Gasteiger partial charge is 0.254 e. The first-order valence-corrected chi connectivity index (χ1v) is 6.66. The monoisotopic (exact) mass is 258 g/mol. The quantitative estimate of drug-likeness (QED) is 0.883. The van der Waals surface area contributed by atoms with Crippen LogP contribution in [0, 0.1) is 0 Å². The van der Waals surface area contributed by atoms with Crippen LogP contribution in [0.15, 0.2) is 18.5 Å². The van der Waals surface area contributed by atoms with E-state index in [1.165, 1.54) is 6.20 Å². The highest BCUT2D eigenvalue weighted by Gasteiger charge is 2.12. The number of halogens is 1. The van der Waals surface area contributed by atoms with Crippen molar-refractivity contribution in [1.29, 1.82) is 0 Å². The maximum atomic E-state index is 11.8. The van der Waals surface area contributed by atoms with E-state index in [0.717, 1.165) is 11.5 Å². The molecule has 1 atom stereocenters. The van der Waals surface area contributed by atoms with Crippen molar-refractivity contribution in [2.45, 2.75) is 19.9 Å². The van der Waals surface area contributed by atoms with E-state index in [9.17, 15) is 4.79 Å². The standard InChI is InChI=1S/C11H15ClN2OS/c1-3-16-7-8(2)14-11(15)9-6-13-5-4-10(9)12/h4-6,8H,3,7H2,1-2H3,(H,14,15). The number of hydrogen-bond donors (Lipinski definition) is 1. The van der Waals surface area contributed by atoms with Crippen molar-refractivity contribution >= 4 is 29.3 Å². The van der Waals surface area contributed by atoms with Gasteiger partial charge < -0.3 is 5.32 Å². The predicted octanol–water partition coefficient (Wildman–Crippen LogP) is 2.61. The Hall–Kier alpha value is -0.740. The maximum Gasteiger partial charge on any atom is 0.254 e. The summed E-state index contributed by atoms with van der Waals surface area (Å²) < 4.78 is 0. The van der Waals surface area contributed by atoms with Gasteiger partial charge in [-0.15, -0.1) is 0 Å². The Morgan fingerprint density at radius 2 is 2.44 bits per heavy atom. The summed E-state index contributed by atoms with van der Waals surface area (Å²) >= 11 is 7.70. The van der Waals surface area contributed by atoms with Gasteiger partial charge in [0, 0.05) is 24.2 Å². The number of carbonyl (C=O) groups excluding carboxylic acids is 1. The zero-order valence-corrected chi connectivity index (χ0v) is 10.9. The van der Waals surface area contributed by atoms with Gasteiger partial charge in [0.25, 0.3) is 5.91 Å². The largest absolute Gasteiger partial charge is 0.349 e. The van der Waals surface area contributed by atoms with E-state index in [1.54, 1.807) is 24.0 Å². The summed E-state index contributed by atoms with van der Waals surface area (Å²) in [6.45, 7) is 4.07. The molecular formula is C11H15ClN2OS. The van der Waals surface area contributed by atoms with Crippen LogP contribution in [0.25, 0.3) is 0 Å². The van der Waals surface area contributed by atoms with Gasteiger partial charge in [-0.1, -0.05) is 18.5 Å². The van der Waals surface area contributed by atoms with Gasteiger partial charge >= 0.3 is 0 Å². The van der Waals surface area contributed by atoms with E-state index < -0.39 is 0 Å². The van der Waals surface area contributed by atoms with Crippen LogP contribution >= 0.6 is 23.4 Å². The summed E-state index contributed by atoms with van der Waals surface area (Å²) in [5.74, 6) is 1.79. The Morgan fingerprint density at radius 1 is 1.69 bits per heavy atom. The van der Waals surface area contributed by atoms with Gasteiger partial charge in [0.2, 0.25) is 0 Å². The SMILES string of the molecule is CCSCC(C)NC(=O)c1cnccc1Cl. The van der Waals surface area contributed by atoms with Crippen LogP contribution in [-0.4, -0.2) is 28.4 Å². The number of carbonyl (C=O) groups is 1. The van der Waals surface area contributed by atoms with Gasteiger partial charge in [0.05, 0.1) is 10.6 Å². The van der Waals surface area contributed by atoms with Crippen molar-refractivity contribution in [3.8, 4) is 0 Å². The molecule has 0 radical (unpaired) electrons. The molecule has 0 aromatic carbocycles. The highest BCUT2D eigenvalue weighted by atomic mass is 35.5. The first kappa shape index (κ1) is 13.3. The third kappa shape index (κ3) is 4.02. The first-order chi connectivity index (χ1) is 7.65. The Kier molecular flexibility index (Phi) is 5.63. The molecule has 0 saturated heterocycles. The lowest BCUT2D eigenvalue weighted by Crippen LogP contribution is -2.34. The van der Waals surface area contributed by atoms with E-state index in [0.29, 0.717) is 10.6 Å². The summed E-state index contributed by atoms with van der Waals surface area (Å²) in [5.41, 5.74) is 0.428. The number of pyridine rings is 1. The van der Waals surface area contributed by atoms with Crippen molar-refractivity contribution in [3.63, 3.8) is 0 Å². The highest BCUT2D eigenvalue weighted by molar-refractivity contribution is 7.99. The number of hydrogen-bond acceptors (Lipinski definition) is 3. The molecular weight excluding hydrogens is 244 g/mol. The molecule has 0 aliphatic carbocycles. The zero-order valence-electron chi connectivity index (χ0n) is 9.37. The van der Waals surface area contributed by atoms with Crippen LogP contribution in [0.3, 0.4) is 0 Å². The Morgan fingerprint density at radius 3 is 3.06 bits per heavy atom. The van der Waals surface area contributed by atoms with E-state index in [2.05, 4.69) is 17.2 Å². The second-order valence-corrected chi connectivity index (χ2v) is 5.12. The molecule has 0 fully saturated rings. The molecule has 16 heavy (non-hydrogen) atoms. The molecule has 0 saturated carbocycles. The Balaban J connectivity index is 2.56. The number of amides is 1. The molecule has 1 aromatic heterocycles. The molecule has 3 nitrogen and oxygen atoms in total. The van der Waals surface area contributed by atoms with Crippen LogP contribution in [0.1, 0.15) is 24.2 Å². The normalized spacial score (nSPS) is 12.2. The molecule has 0 aliphatic heterocycles. The van der Waals surface area contributed by atoms with Crippen molar-refractivity contribution in [1.82, 2.24) is 10.3 Å². The van der Waals surface area contributed by atoms with Gasteiger partial charge in [-0.05, 0) is 18.7 Å². The van der Waals surface area contributed by atoms with Crippen LogP contribution in [-0.2, 0) is 0 Å². The van der Waals surface area contributed by atoms with Crippen molar-refractivity contribution in [2.75, 3.05) is 11.5 Å². The molecule has 88 valence electrons. The maximum absolute atomic E-state index is 11.8. The van der Waals surface area contributed by atoms with Gasteiger partial charge in [-0.3, -0.25) is 9.78 Å². The molecule has 1 unspecified atom stereocenters. The van der Waals surface area contributed by atoms with E-state index in [1.807, 2.05) is 6.92 Å². The minimum absolute atomic E-state index is 0.133. The molecule has 0 aliphatic rings. The summed E-state index contributed by atoms with van der Waals surface area (Å²) in [6, 6.07) is 1.75. The van der Waals surface area contributed by atoms with E-state index in [4.69, 9.17) is 11.6 Å². The molecule has 1 heterocycles. The number of nitrogens with zero attached hydrogens (tertiary/aromatic N) is 1. The summed E-state index contributed by atoms with van der Waals surface area (Å²) in [7, 11) is 0. The number of thioether (sulfide) groups is 1. The summed E-state index contributed by atoms with van der Waals surface area (Å²) in [6.07, 6.45) is 3.05. The van der Waals surface area contributed by atoms with Crippen LogP contribution in [0.2, 0.25) is 5.02 Å². The minimum atomic E-state index is -0.165. The second-order valence-electron chi connectivity index (χ2n) is 3.39. The van der Waals surface area contributed by atoms with Crippen LogP contribution in [0.4, 0.5) is 0 Å². The molecule has 1 N–H and O–H groups in total. The van der Waals surface area contributed by atoms with Crippen molar-refractivity contribution < 1.29 is 4.79 Å². The van der Waals surface area contributed by atoms with Gasteiger partial charge in [-0.25, -0.2) is 0 Å². The Bertz CT molecular complexity index is 360. The lowest BCUT2D eigenvalue weighted by Gasteiger charge is -2.13. The topological polar surface area (TPSA) is 42.0 Å².